The van der Waals surface area contributed by atoms with Crippen LogP contribution >= 0.6 is 0 Å². The first-order valence-electron chi connectivity index (χ1n) is 9.05. The number of benzene rings is 2. The SMILES string of the molecule is CC(NC(=O)c1cnn(-c2cccc(C(F)(F)F)c2)c1C(F)(F)F)c1ccc(C#N)cc1. The Morgan fingerprint density at radius 1 is 1.06 bits per heavy atom. The first-order valence-corrected chi connectivity index (χ1v) is 9.05. The van der Waals surface area contributed by atoms with Gasteiger partial charge in [0.05, 0.1) is 40.7 Å². The molecule has 32 heavy (non-hydrogen) atoms. The molecule has 0 aliphatic rings. The fraction of sp³-hybridized carbons (Fsp3) is 0.190. The Balaban J connectivity index is 1.97. The van der Waals surface area contributed by atoms with Gasteiger partial charge in [-0.15, -0.1) is 0 Å². The molecule has 0 fully saturated rings. The van der Waals surface area contributed by atoms with E-state index in [2.05, 4.69) is 10.4 Å². The van der Waals surface area contributed by atoms with E-state index in [4.69, 9.17) is 5.26 Å². The average Bonchev–Trinajstić information content (AvgIpc) is 3.19. The molecule has 166 valence electrons. The highest BCUT2D eigenvalue weighted by Gasteiger charge is 2.41. The fourth-order valence-corrected chi connectivity index (χ4v) is 3.00. The number of aromatic nitrogens is 2. The van der Waals surface area contributed by atoms with E-state index in [0.29, 0.717) is 29.5 Å². The van der Waals surface area contributed by atoms with Gasteiger partial charge in [0.15, 0.2) is 5.69 Å². The van der Waals surface area contributed by atoms with E-state index >= 15 is 0 Å². The maximum Gasteiger partial charge on any atom is 0.434 e. The van der Waals surface area contributed by atoms with Crippen LogP contribution in [-0.4, -0.2) is 15.7 Å². The molecular formula is C21H14F6N4O. The van der Waals surface area contributed by atoms with E-state index in [0.717, 1.165) is 12.1 Å². The highest BCUT2D eigenvalue weighted by atomic mass is 19.4. The molecule has 0 saturated carbocycles. The molecule has 0 aliphatic heterocycles. The van der Waals surface area contributed by atoms with Gasteiger partial charge in [-0.3, -0.25) is 4.79 Å². The molecule has 11 heteroatoms. The molecule has 0 bridgehead atoms. The molecule has 1 N–H and O–H groups in total. The first kappa shape index (κ1) is 22.9. The minimum atomic E-state index is -5.07. The van der Waals surface area contributed by atoms with Crippen molar-refractivity contribution in [3.8, 4) is 11.8 Å². The second-order valence-corrected chi connectivity index (χ2v) is 6.79. The van der Waals surface area contributed by atoms with E-state index < -0.39 is 46.8 Å². The first-order chi connectivity index (χ1) is 14.9. The summed E-state index contributed by atoms with van der Waals surface area (Å²) < 4.78 is 80.5. The van der Waals surface area contributed by atoms with Crippen molar-refractivity contribution in [2.75, 3.05) is 0 Å². The third kappa shape index (κ3) is 4.74. The molecule has 3 rings (SSSR count). The van der Waals surface area contributed by atoms with Crippen molar-refractivity contribution >= 4 is 5.91 Å². The minimum absolute atomic E-state index is 0.260. The lowest BCUT2D eigenvalue weighted by Gasteiger charge is -2.16. The van der Waals surface area contributed by atoms with Crippen LogP contribution < -0.4 is 5.32 Å². The Hall–Kier alpha value is -3.81. The van der Waals surface area contributed by atoms with Crippen molar-refractivity contribution < 1.29 is 31.1 Å². The largest absolute Gasteiger partial charge is 0.434 e. The molecule has 1 heterocycles. The van der Waals surface area contributed by atoms with Gasteiger partial charge in [0.25, 0.3) is 5.91 Å². The molecule has 1 amide bonds. The predicted octanol–water partition coefficient (Wildman–Crippen LogP) is 5.27. The number of nitriles is 1. The number of carbonyl (C=O) groups is 1. The van der Waals surface area contributed by atoms with Gasteiger partial charge < -0.3 is 5.32 Å². The summed E-state index contributed by atoms with van der Waals surface area (Å²) in [4.78, 5) is 12.6. The average molecular weight is 452 g/mol. The predicted molar refractivity (Wildman–Crippen MR) is 101 cm³/mol. The normalized spacial score (nSPS) is 12.8. The standard InChI is InChI=1S/C21H14F6N4O/c1-12(14-7-5-13(10-28)6-8-14)30-19(32)17-11-29-31(18(17)21(25,26)27)16-4-2-3-15(9-16)20(22,23)24/h2-9,11-12H,1H3,(H,30,32). The van der Waals surface area contributed by atoms with Gasteiger partial charge in [0.1, 0.15) is 0 Å². The van der Waals surface area contributed by atoms with Gasteiger partial charge in [-0.05, 0) is 42.8 Å². The van der Waals surface area contributed by atoms with E-state index in [9.17, 15) is 31.1 Å². The van der Waals surface area contributed by atoms with Crippen LogP contribution in [0, 0.1) is 11.3 Å². The summed E-state index contributed by atoms with van der Waals surface area (Å²) >= 11 is 0. The topological polar surface area (TPSA) is 70.7 Å². The monoisotopic (exact) mass is 452 g/mol. The van der Waals surface area contributed by atoms with E-state index in [1.165, 1.54) is 19.1 Å². The Morgan fingerprint density at radius 2 is 1.72 bits per heavy atom. The second-order valence-electron chi connectivity index (χ2n) is 6.79. The number of carbonyl (C=O) groups excluding carboxylic acids is 1. The van der Waals surface area contributed by atoms with Crippen LogP contribution in [-0.2, 0) is 12.4 Å². The maximum atomic E-state index is 13.8. The summed E-state index contributed by atoms with van der Waals surface area (Å²) in [7, 11) is 0. The Kier molecular flexibility index (Phi) is 5.98. The molecule has 5 nitrogen and oxygen atoms in total. The zero-order valence-electron chi connectivity index (χ0n) is 16.3. The number of amides is 1. The molecule has 1 unspecified atom stereocenters. The highest BCUT2D eigenvalue weighted by Crippen LogP contribution is 2.35. The number of halogens is 6. The van der Waals surface area contributed by atoms with Gasteiger partial charge in [0, 0.05) is 0 Å². The second kappa shape index (κ2) is 8.37. The van der Waals surface area contributed by atoms with Crippen LogP contribution in [0.4, 0.5) is 26.3 Å². The van der Waals surface area contributed by atoms with Crippen LogP contribution in [0.5, 0.6) is 0 Å². The number of hydrogen-bond donors (Lipinski definition) is 1. The Morgan fingerprint density at radius 3 is 2.28 bits per heavy atom. The van der Waals surface area contributed by atoms with E-state index in [-0.39, 0.29) is 4.68 Å². The third-order valence-electron chi connectivity index (χ3n) is 4.59. The van der Waals surface area contributed by atoms with Crippen LogP contribution in [0.1, 0.15) is 45.7 Å². The maximum absolute atomic E-state index is 13.8. The summed E-state index contributed by atoms with van der Waals surface area (Å²) in [6.07, 6.45) is -9.18. The summed E-state index contributed by atoms with van der Waals surface area (Å²) in [5.74, 6) is -1.10. The molecule has 1 aromatic heterocycles. The van der Waals surface area contributed by atoms with Crippen molar-refractivity contribution in [1.29, 1.82) is 5.26 Å². The van der Waals surface area contributed by atoms with E-state index in [1.54, 1.807) is 12.1 Å². The molecule has 2 aromatic carbocycles. The summed E-state index contributed by atoms with van der Waals surface area (Å²) in [6, 6.07) is 10.5. The third-order valence-corrected chi connectivity index (χ3v) is 4.59. The van der Waals surface area contributed by atoms with Crippen molar-refractivity contribution in [3.63, 3.8) is 0 Å². The Labute approximate surface area is 177 Å². The molecule has 0 radical (unpaired) electrons. The number of nitrogens with zero attached hydrogens (tertiary/aromatic N) is 3. The number of rotatable bonds is 4. The van der Waals surface area contributed by atoms with Gasteiger partial charge in [-0.2, -0.15) is 36.7 Å². The zero-order valence-corrected chi connectivity index (χ0v) is 16.3. The van der Waals surface area contributed by atoms with Crippen molar-refractivity contribution in [1.82, 2.24) is 15.1 Å². The fourth-order valence-electron chi connectivity index (χ4n) is 3.00. The molecule has 0 aliphatic carbocycles. The number of nitrogens with one attached hydrogen (secondary N) is 1. The van der Waals surface area contributed by atoms with Crippen LogP contribution in [0.25, 0.3) is 5.69 Å². The van der Waals surface area contributed by atoms with Gasteiger partial charge in [-0.25, -0.2) is 4.68 Å². The van der Waals surface area contributed by atoms with Crippen LogP contribution in [0.2, 0.25) is 0 Å². The highest BCUT2D eigenvalue weighted by molar-refractivity contribution is 5.95. The van der Waals surface area contributed by atoms with Crippen molar-refractivity contribution in [3.05, 3.63) is 82.7 Å². The van der Waals surface area contributed by atoms with Crippen molar-refractivity contribution in [2.45, 2.75) is 25.3 Å². The molecular weight excluding hydrogens is 438 g/mol. The lowest BCUT2D eigenvalue weighted by atomic mass is 10.1. The summed E-state index contributed by atoms with van der Waals surface area (Å²) in [5.41, 5.74) is -3.08. The lowest BCUT2D eigenvalue weighted by Crippen LogP contribution is -2.29. The molecule has 1 atom stereocenters. The lowest BCUT2D eigenvalue weighted by molar-refractivity contribution is -0.143. The van der Waals surface area contributed by atoms with Crippen molar-refractivity contribution in [2.24, 2.45) is 0 Å². The quantitative estimate of drug-likeness (QED) is 0.548. The van der Waals surface area contributed by atoms with Gasteiger partial charge in [-0.1, -0.05) is 18.2 Å². The molecule has 0 spiro atoms. The zero-order chi connectivity index (χ0) is 23.7. The minimum Gasteiger partial charge on any atom is -0.345 e. The molecule has 3 aromatic rings. The number of hydrogen-bond acceptors (Lipinski definition) is 3. The van der Waals surface area contributed by atoms with E-state index in [1.807, 2.05) is 6.07 Å². The van der Waals surface area contributed by atoms with Gasteiger partial charge >= 0.3 is 12.4 Å². The molecule has 0 saturated heterocycles. The van der Waals surface area contributed by atoms with Gasteiger partial charge in [0.2, 0.25) is 0 Å². The Bertz CT molecular complexity index is 1170. The number of alkyl halides is 6. The van der Waals surface area contributed by atoms with Crippen LogP contribution in [0.15, 0.2) is 54.7 Å². The van der Waals surface area contributed by atoms with Crippen LogP contribution in [0.3, 0.4) is 0 Å². The summed E-state index contributed by atoms with van der Waals surface area (Å²) in [5, 5.41) is 14.8. The smallest absolute Gasteiger partial charge is 0.345 e. The summed E-state index contributed by atoms with van der Waals surface area (Å²) in [6.45, 7) is 1.53.